The van der Waals surface area contributed by atoms with Crippen molar-refractivity contribution in [2.45, 2.75) is 64.8 Å². The molecule has 1 N–H and O–H groups in total. The van der Waals surface area contributed by atoms with Gasteiger partial charge in [-0.3, -0.25) is 19.3 Å². The Morgan fingerprint density at radius 1 is 1.18 bits per heavy atom. The molecule has 38 heavy (non-hydrogen) atoms. The van der Waals surface area contributed by atoms with E-state index in [4.69, 9.17) is 10.3 Å². The second-order valence-electron chi connectivity index (χ2n) is 11.6. The number of likely N-dealkylation sites (tertiary alicyclic amines) is 1. The number of anilines is 1. The highest BCUT2D eigenvalue weighted by Crippen LogP contribution is 2.32. The van der Waals surface area contributed by atoms with Crippen LogP contribution in [0.2, 0.25) is 0 Å². The molecule has 1 aromatic rings. The van der Waals surface area contributed by atoms with Crippen LogP contribution in [0.25, 0.3) is 10.4 Å². The van der Waals surface area contributed by atoms with Gasteiger partial charge >= 0.3 is 0 Å². The van der Waals surface area contributed by atoms with Gasteiger partial charge in [0.25, 0.3) is 5.91 Å². The number of ether oxygens (including phenoxy) is 1. The van der Waals surface area contributed by atoms with Crippen LogP contribution in [0.5, 0.6) is 0 Å². The van der Waals surface area contributed by atoms with E-state index in [1.807, 2.05) is 32.9 Å². The van der Waals surface area contributed by atoms with Gasteiger partial charge in [0, 0.05) is 48.9 Å². The van der Waals surface area contributed by atoms with Crippen LogP contribution in [0.4, 0.5) is 5.69 Å². The lowest BCUT2D eigenvalue weighted by Crippen LogP contribution is -2.53. The molecule has 206 valence electrons. The van der Waals surface area contributed by atoms with Crippen LogP contribution in [-0.2, 0) is 14.3 Å². The fourth-order valence-electron chi connectivity index (χ4n) is 5.65. The predicted molar refractivity (Wildman–Crippen MR) is 144 cm³/mol. The smallest absolute Gasteiger partial charge is 0.251 e. The molecule has 2 amide bonds. The van der Waals surface area contributed by atoms with Crippen molar-refractivity contribution in [1.29, 1.82) is 0 Å². The number of azide groups is 1. The minimum absolute atomic E-state index is 0.0840. The molecular weight excluding hydrogens is 486 g/mol. The van der Waals surface area contributed by atoms with E-state index in [9.17, 15) is 14.4 Å². The molecule has 1 aromatic carbocycles. The van der Waals surface area contributed by atoms with E-state index < -0.39 is 24.2 Å². The second kappa shape index (κ2) is 11.7. The number of benzene rings is 1. The fraction of sp³-hybridized carbons (Fsp3) is 0.667. The van der Waals surface area contributed by atoms with Crippen LogP contribution in [0.3, 0.4) is 0 Å². The van der Waals surface area contributed by atoms with Crippen molar-refractivity contribution in [2.24, 2.45) is 10.5 Å². The van der Waals surface area contributed by atoms with E-state index in [1.54, 1.807) is 12.1 Å². The number of rotatable bonds is 8. The molecule has 4 rings (SSSR count). The minimum atomic E-state index is -0.840. The van der Waals surface area contributed by atoms with Crippen LogP contribution >= 0.6 is 0 Å². The number of nitrogens with one attached hydrogen (secondary N) is 1. The number of Topliss-reactive ketones (excluding diaryl/α,β-unsaturated/α-hetero) is 1. The number of fused-ring (bicyclic) bond motifs is 1. The molecule has 0 aromatic heterocycles. The summed E-state index contributed by atoms with van der Waals surface area (Å²) in [5, 5.41) is 6.67. The maximum atomic E-state index is 13.7. The summed E-state index contributed by atoms with van der Waals surface area (Å²) in [5.41, 5.74) is 10.2. The maximum Gasteiger partial charge on any atom is 0.251 e. The first-order valence-corrected chi connectivity index (χ1v) is 13.5. The Hall–Kier alpha value is -3.14. The van der Waals surface area contributed by atoms with Crippen molar-refractivity contribution in [1.82, 2.24) is 15.1 Å². The van der Waals surface area contributed by atoms with Gasteiger partial charge in [0.15, 0.2) is 5.78 Å². The summed E-state index contributed by atoms with van der Waals surface area (Å²) in [5.74, 6) is -0.923. The average molecular weight is 526 g/mol. The summed E-state index contributed by atoms with van der Waals surface area (Å²) in [6.45, 7) is 13.2. The molecular formula is C27H39N7O4. The van der Waals surface area contributed by atoms with Gasteiger partial charge in [-0.1, -0.05) is 32.8 Å². The first kappa shape index (κ1) is 27.9. The Balaban J connectivity index is 1.46. The number of amides is 2. The van der Waals surface area contributed by atoms with Crippen LogP contribution < -0.4 is 10.2 Å². The van der Waals surface area contributed by atoms with Crippen molar-refractivity contribution >= 4 is 23.3 Å². The third kappa shape index (κ3) is 6.28. The number of piperazine rings is 1. The molecule has 11 heteroatoms. The predicted octanol–water partition coefficient (Wildman–Crippen LogP) is 2.61. The molecule has 0 saturated carbocycles. The molecule has 3 aliphatic rings. The van der Waals surface area contributed by atoms with Crippen molar-refractivity contribution in [3.8, 4) is 0 Å². The summed E-state index contributed by atoms with van der Waals surface area (Å²) >= 11 is 0. The molecule has 0 unspecified atom stereocenters. The maximum absolute atomic E-state index is 13.7. The van der Waals surface area contributed by atoms with Gasteiger partial charge in [-0.15, -0.1) is 0 Å². The van der Waals surface area contributed by atoms with Gasteiger partial charge in [-0.05, 0) is 54.6 Å². The molecule has 3 fully saturated rings. The highest BCUT2D eigenvalue weighted by Gasteiger charge is 2.53. The second-order valence-corrected chi connectivity index (χ2v) is 11.6. The van der Waals surface area contributed by atoms with E-state index in [-0.39, 0.29) is 36.2 Å². The zero-order chi connectivity index (χ0) is 27.4. The lowest BCUT2D eigenvalue weighted by atomic mass is 9.87. The van der Waals surface area contributed by atoms with Gasteiger partial charge in [-0.2, -0.15) is 0 Å². The third-order valence-electron chi connectivity index (χ3n) is 7.47. The van der Waals surface area contributed by atoms with Crippen molar-refractivity contribution < 1.29 is 19.1 Å². The van der Waals surface area contributed by atoms with Crippen molar-refractivity contribution in [3.05, 3.63) is 40.3 Å². The molecule has 3 saturated heterocycles. The van der Waals surface area contributed by atoms with Gasteiger partial charge in [0.2, 0.25) is 5.91 Å². The van der Waals surface area contributed by atoms with Crippen LogP contribution in [0, 0.1) is 5.41 Å². The quantitative estimate of drug-likeness (QED) is 0.315. The summed E-state index contributed by atoms with van der Waals surface area (Å²) in [6, 6.07) is 5.22. The zero-order valence-corrected chi connectivity index (χ0v) is 22.8. The number of hydrogen-bond acceptors (Lipinski definition) is 7. The van der Waals surface area contributed by atoms with E-state index in [2.05, 4.69) is 32.1 Å². The van der Waals surface area contributed by atoms with Crippen LogP contribution in [0.1, 0.15) is 50.9 Å². The normalized spacial score (nSPS) is 24.6. The lowest BCUT2D eigenvalue weighted by molar-refractivity contribution is -0.138. The molecule has 11 nitrogen and oxygen atoms in total. The number of hydrogen-bond donors (Lipinski definition) is 1. The summed E-state index contributed by atoms with van der Waals surface area (Å²) < 4.78 is 5.54. The lowest BCUT2D eigenvalue weighted by Gasteiger charge is -2.36. The number of ketones is 1. The fourth-order valence-corrected chi connectivity index (χ4v) is 5.65. The highest BCUT2D eigenvalue weighted by molar-refractivity contribution is 5.99. The molecule has 0 bridgehead atoms. The number of nitrogens with zero attached hydrogens (tertiary/aromatic N) is 6. The van der Waals surface area contributed by atoms with Crippen LogP contribution in [-0.4, -0.2) is 97.5 Å². The molecule has 3 aliphatic heterocycles. The molecule has 4 atom stereocenters. The molecule has 3 heterocycles. The first-order chi connectivity index (χ1) is 18.1. The van der Waals surface area contributed by atoms with Crippen LogP contribution in [0.15, 0.2) is 29.4 Å². The van der Waals surface area contributed by atoms with E-state index in [0.717, 1.165) is 44.8 Å². The van der Waals surface area contributed by atoms with Gasteiger partial charge in [-0.25, -0.2) is 0 Å². The number of carbonyl (C=O) groups excluding carboxylic acids is 3. The largest absolute Gasteiger partial charge is 0.369 e. The van der Waals surface area contributed by atoms with Gasteiger partial charge in [0.1, 0.15) is 18.7 Å². The topological polar surface area (TPSA) is 131 Å². The summed E-state index contributed by atoms with van der Waals surface area (Å²) in [6.07, 6.45) is 0.886. The molecule has 0 aliphatic carbocycles. The molecule has 0 radical (unpaired) electrons. The third-order valence-corrected chi connectivity index (χ3v) is 7.47. The summed E-state index contributed by atoms with van der Waals surface area (Å²) in [4.78, 5) is 48.6. The average Bonchev–Trinajstić information content (AvgIpc) is 3.44. The van der Waals surface area contributed by atoms with E-state index in [0.29, 0.717) is 12.0 Å². The first-order valence-electron chi connectivity index (χ1n) is 13.5. The Morgan fingerprint density at radius 2 is 1.87 bits per heavy atom. The summed E-state index contributed by atoms with van der Waals surface area (Å²) in [7, 11) is 0. The SMILES string of the molecule is CCCN1CCN(c2ccc(C(=O)N[C@@H](CC(C)(C)C)C(=O)N3C[C@H](N=[N+]=[N-])[C@H]4OCC(=O)[C@H]43)cc2)CC1. The zero-order valence-electron chi connectivity index (χ0n) is 22.8. The Kier molecular flexibility index (Phi) is 8.60. The minimum Gasteiger partial charge on any atom is -0.369 e. The van der Waals surface area contributed by atoms with Gasteiger partial charge < -0.3 is 19.9 Å². The Labute approximate surface area is 224 Å². The Bertz CT molecular complexity index is 1070. The standard InChI is InChI=1S/C27H39N7O4/c1-5-10-32-11-13-33(14-12-32)19-8-6-18(7-9-19)25(36)29-20(15-27(2,3)4)26(37)34-16-21(30-31-28)24-23(34)22(35)17-38-24/h6-9,20-21,23-24H,5,10-17H2,1-4H3,(H,29,36)/t20-,21-,23+,24+/m0/s1. The van der Waals surface area contributed by atoms with E-state index in [1.165, 1.54) is 4.90 Å². The Morgan fingerprint density at radius 3 is 2.47 bits per heavy atom. The number of carbonyl (C=O) groups is 3. The monoisotopic (exact) mass is 525 g/mol. The highest BCUT2D eigenvalue weighted by atomic mass is 16.5. The van der Waals surface area contributed by atoms with Crippen molar-refractivity contribution in [3.63, 3.8) is 0 Å². The van der Waals surface area contributed by atoms with Crippen molar-refractivity contribution in [2.75, 3.05) is 50.8 Å². The molecule has 0 spiro atoms. The van der Waals surface area contributed by atoms with E-state index >= 15 is 0 Å². The van der Waals surface area contributed by atoms with Gasteiger partial charge in [0.05, 0.1) is 12.1 Å².